The Morgan fingerprint density at radius 1 is 1.13 bits per heavy atom. The van der Waals surface area contributed by atoms with Gasteiger partial charge in [0, 0.05) is 29.9 Å². The number of non-ortho nitro benzene ring substituents is 1. The zero-order valence-electron chi connectivity index (χ0n) is 15.6. The molecule has 0 unspecified atom stereocenters. The van der Waals surface area contributed by atoms with E-state index in [2.05, 4.69) is 5.32 Å². The molecule has 10 heteroatoms. The summed E-state index contributed by atoms with van der Waals surface area (Å²) in [5.41, 5.74) is 1.80. The van der Waals surface area contributed by atoms with Crippen molar-refractivity contribution in [3.05, 3.63) is 81.2 Å². The number of carbonyl (C=O) groups is 1. The van der Waals surface area contributed by atoms with Crippen LogP contribution in [-0.2, 0) is 16.4 Å². The van der Waals surface area contributed by atoms with Gasteiger partial charge in [0.2, 0.25) is 0 Å². The second-order valence-corrected chi connectivity index (χ2v) is 9.75. The van der Waals surface area contributed by atoms with Crippen molar-refractivity contribution in [2.24, 2.45) is 0 Å². The molecule has 1 aromatic heterocycles. The molecule has 4 rings (SSSR count). The molecule has 1 amide bonds. The molecule has 0 spiro atoms. The fraction of sp³-hybridized carbons (Fsp3) is 0.150. The van der Waals surface area contributed by atoms with Crippen LogP contribution in [0.5, 0.6) is 0 Å². The summed E-state index contributed by atoms with van der Waals surface area (Å²) in [6, 6.07) is 13.8. The number of carbonyl (C=O) groups excluding carboxylic acids is 1. The molecule has 0 radical (unpaired) electrons. The normalized spacial score (nSPS) is 13.5. The Morgan fingerprint density at radius 3 is 2.70 bits per heavy atom. The van der Waals surface area contributed by atoms with Crippen LogP contribution in [0.2, 0.25) is 0 Å². The van der Waals surface area contributed by atoms with E-state index in [1.807, 2.05) is 0 Å². The van der Waals surface area contributed by atoms with Crippen LogP contribution in [-0.4, -0.2) is 25.8 Å². The molecule has 0 fully saturated rings. The first-order valence-corrected chi connectivity index (χ1v) is 11.4. The lowest BCUT2D eigenvalue weighted by atomic mass is 10.0. The van der Waals surface area contributed by atoms with Crippen molar-refractivity contribution < 1.29 is 18.1 Å². The van der Waals surface area contributed by atoms with Crippen molar-refractivity contribution in [3.63, 3.8) is 0 Å². The van der Waals surface area contributed by atoms with Gasteiger partial charge < -0.3 is 5.32 Å². The summed E-state index contributed by atoms with van der Waals surface area (Å²) in [6.45, 7) is 0.357. The molecule has 0 saturated carbocycles. The third-order valence-corrected chi connectivity index (χ3v) is 7.96. The number of aryl methyl sites for hydroxylation is 1. The zero-order chi connectivity index (χ0) is 21.3. The Kier molecular flexibility index (Phi) is 5.27. The number of hydrogen-bond acceptors (Lipinski definition) is 6. The quantitative estimate of drug-likeness (QED) is 0.473. The first-order valence-electron chi connectivity index (χ1n) is 9.11. The summed E-state index contributed by atoms with van der Waals surface area (Å²) in [7, 11) is -3.68. The molecule has 3 aromatic rings. The number of rotatable bonds is 5. The van der Waals surface area contributed by atoms with E-state index in [0.29, 0.717) is 24.3 Å². The number of fused-ring (bicyclic) bond motifs is 1. The number of nitro benzene ring substituents is 1. The molecule has 0 aliphatic carbocycles. The summed E-state index contributed by atoms with van der Waals surface area (Å²) >= 11 is 1.16. The number of benzene rings is 2. The minimum atomic E-state index is -3.68. The summed E-state index contributed by atoms with van der Waals surface area (Å²) < 4.78 is 27.7. The van der Waals surface area contributed by atoms with E-state index in [1.54, 1.807) is 35.7 Å². The number of anilines is 2. The Balaban J connectivity index is 1.64. The molecular formula is C20H17N3O5S2. The van der Waals surface area contributed by atoms with Crippen LogP contribution in [0.25, 0.3) is 0 Å². The highest BCUT2D eigenvalue weighted by atomic mass is 32.2. The molecule has 1 aliphatic rings. The molecule has 1 aliphatic heterocycles. The predicted octanol–water partition coefficient (Wildman–Crippen LogP) is 4.05. The molecule has 0 bridgehead atoms. The number of hydrogen-bond donors (Lipinski definition) is 1. The van der Waals surface area contributed by atoms with Crippen LogP contribution in [0.4, 0.5) is 17.1 Å². The van der Waals surface area contributed by atoms with Gasteiger partial charge in [-0.1, -0.05) is 18.2 Å². The second kappa shape index (κ2) is 7.88. The maximum atomic E-state index is 13.1. The van der Waals surface area contributed by atoms with E-state index < -0.39 is 20.9 Å². The third-order valence-electron chi connectivity index (χ3n) is 4.78. The number of nitrogens with zero attached hydrogens (tertiary/aromatic N) is 2. The van der Waals surface area contributed by atoms with Gasteiger partial charge in [0.05, 0.1) is 10.6 Å². The van der Waals surface area contributed by atoms with E-state index in [4.69, 9.17) is 0 Å². The Bertz CT molecular complexity index is 1220. The molecule has 2 heterocycles. The van der Waals surface area contributed by atoms with E-state index in [0.717, 1.165) is 23.3 Å². The fourth-order valence-corrected chi connectivity index (χ4v) is 5.99. The van der Waals surface area contributed by atoms with Gasteiger partial charge in [0.15, 0.2) is 0 Å². The van der Waals surface area contributed by atoms with Crippen LogP contribution in [0.3, 0.4) is 0 Å². The molecule has 0 atom stereocenters. The Hall–Kier alpha value is -3.24. The van der Waals surface area contributed by atoms with Gasteiger partial charge in [-0.15, -0.1) is 11.3 Å². The first-order chi connectivity index (χ1) is 14.4. The van der Waals surface area contributed by atoms with Crippen molar-refractivity contribution in [2.45, 2.75) is 17.1 Å². The lowest BCUT2D eigenvalue weighted by molar-refractivity contribution is -0.384. The summed E-state index contributed by atoms with van der Waals surface area (Å²) in [6.07, 6.45) is 1.45. The number of sulfonamides is 1. The van der Waals surface area contributed by atoms with Crippen molar-refractivity contribution in [1.82, 2.24) is 0 Å². The van der Waals surface area contributed by atoms with Gasteiger partial charge in [-0.05, 0) is 48.1 Å². The minimum absolute atomic E-state index is 0.144. The number of nitrogens with one attached hydrogen (secondary N) is 1. The largest absolute Gasteiger partial charge is 0.322 e. The van der Waals surface area contributed by atoms with Gasteiger partial charge in [0.25, 0.3) is 21.6 Å². The molecule has 8 nitrogen and oxygen atoms in total. The first kappa shape index (κ1) is 20.0. The van der Waals surface area contributed by atoms with Crippen LogP contribution in [0, 0.1) is 10.1 Å². The van der Waals surface area contributed by atoms with E-state index in [9.17, 15) is 23.3 Å². The van der Waals surface area contributed by atoms with Gasteiger partial charge in [-0.3, -0.25) is 19.2 Å². The van der Waals surface area contributed by atoms with E-state index in [1.165, 1.54) is 28.6 Å². The molecular weight excluding hydrogens is 426 g/mol. The highest BCUT2D eigenvalue weighted by molar-refractivity contribution is 7.94. The maximum Gasteiger partial charge on any atom is 0.273 e. The van der Waals surface area contributed by atoms with E-state index in [-0.39, 0.29) is 15.5 Å². The Morgan fingerprint density at radius 2 is 1.97 bits per heavy atom. The average molecular weight is 444 g/mol. The predicted molar refractivity (Wildman–Crippen MR) is 115 cm³/mol. The number of thiophene rings is 1. The summed E-state index contributed by atoms with van der Waals surface area (Å²) in [4.78, 5) is 22.9. The van der Waals surface area contributed by atoms with Crippen LogP contribution < -0.4 is 9.62 Å². The average Bonchev–Trinajstić information content (AvgIpc) is 3.29. The van der Waals surface area contributed by atoms with Crippen molar-refractivity contribution in [2.75, 3.05) is 16.2 Å². The van der Waals surface area contributed by atoms with Gasteiger partial charge in [-0.25, -0.2) is 8.42 Å². The number of amides is 1. The van der Waals surface area contributed by atoms with Crippen molar-refractivity contribution >= 4 is 44.3 Å². The fourth-order valence-electron chi connectivity index (χ4n) is 3.35. The standard InChI is InChI=1S/C20H17N3O5S2/c24-20(15-4-1-6-17(12-15)23(25)26)21-16-9-8-14-5-2-10-22(18(14)13-16)30(27,28)19-7-3-11-29-19/h1,3-4,6-9,11-13H,2,5,10H2,(H,21,24). The Labute approximate surface area is 177 Å². The van der Waals surface area contributed by atoms with E-state index >= 15 is 0 Å². The van der Waals surface area contributed by atoms with Crippen molar-refractivity contribution in [1.29, 1.82) is 0 Å². The molecule has 30 heavy (non-hydrogen) atoms. The topological polar surface area (TPSA) is 110 Å². The molecule has 154 valence electrons. The van der Waals surface area contributed by atoms with Gasteiger partial charge in [0.1, 0.15) is 4.21 Å². The third kappa shape index (κ3) is 3.79. The number of nitro groups is 1. The highest BCUT2D eigenvalue weighted by Gasteiger charge is 2.30. The maximum absolute atomic E-state index is 13.1. The van der Waals surface area contributed by atoms with Gasteiger partial charge in [-0.2, -0.15) is 0 Å². The minimum Gasteiger partial charge on any atom is -0.322 e. The summed E-state index contributed by atoms with van der Waals surface area (Å²) in [5.74, 6) is -0.512. The monoisotopic (exact) mass is 443 g/mol. The lowest BCUT2D eigenvalue weighted by Crippen LogP contribution is -2.35. The molecule has 2 aromatic carbocycles. The molecule has 0 saturated heterocycles. The highest BCUT2D eigenvalue weighted by Crippen LogP contribution is 2.35. The second-order valence-electron chi connectivity index (χ2n) is 6.72. The lowest BCUT2D eigenvalue weighted by Gasteiger charge is -2.30. The molecule has 1 N–H and O–H groups in total. The van der Waals surface area contributed by atoms with Crippen LogP contribution >= 0.6 is 11.3 Å². The zero-order valence-corrected chi connectivity index (χ0v) is 17.3. The van der Waals surface area contributed by atoms with Crippen LogP contribution in [0.1, 0.15) is 22.3 Å². The van der Waals surface area contributed by atoms with Crippen LogP contribution in [0.15, 0.2) is 64.2 Å². The van der Waals surface area contributed by atoms with Crippen molar-refractivity contribution in [3.8, 4) is 0 Å². The SMILES string of the molecule is O=C(Nc1ccc2c(c1)N(S(=O)(=O)c1cccs1)CCC2)c1cccc([N+](=O)[O-])c1. The smallest absolute Gasteiger partial charge is 0.273 e. The van der Waals surface area contributed by atoms with Gasteiger partial charge >= 0.3 is 0 Å². The summed E-state index contributed by atoms with van der Waals surface area (Å²) in [5, 5.41) is 15.4.